The quantitative estimate of drug-likeness (QED) is 0.868. The zero-order valence-electron chi connectivity index (χ0n) is 10.9. The third kappa shape index (κ3) is 2.39. The fourth-order valence-electron chi connectivity index (χ4n) is 2.72. The average Bonchev–Trinajstić information content (AvgIpc) is 3.23. The first-order valence-corrected chi connectivity index (χ1v) is 6.94. The fraction of sp³-hybridized carbons (Fsp3) is 0.438. The Hall–Kier alpha value is -1.41. The predicted molar refractivity (Wildman–Crippen MR) is 75.6 cm³/mol. The Bertz CT molecular complexity index is 526. The lowest BCUT2D eigenvalue weighted by Gasteiger charge is -2.17. The van der Waals surface area contributed by atoms with Gasteiger partial charge >= 0.3 is 0 Å². The van der Waals surface area contributed by atoms with Crippen LogP contribution in [0.3, 0.4) is 0 Å². The number of nitrogens with one attached hydrogen (secondary N) is 1. The zero-order valence-corrected chi connectivity index (χ0v) is 10.9. The van der Waals surface area contributed by atoms with E-state index < -0.39 is 0 Å². The summed E-state index contributed by atoms with van der Waals surface area (Å²) >= 11 is 0. The first-order chi connectivity index (χ1) is 8.88. The van der Waals surface area contributed by atoms with E-state index in [4.69, 9.17) is 0 Å². The highest BCUT2D eigenvalue weighted by molar-refractivity contribution is 5.84. The van der Waals surface area contributed by atoms with Gasteiger partial charge in [0.15, 0.2) is 0 Å². The molecule has 0 saturated heterocycles. The van der Waals surface area contributed by atoms with Crippen molar-refractivity contribution in [3.05, 3.63) is 42.2 Å². The molecule has 1 saturated carbocycles. The van der Waals surface area contributed by atoms with Crippen LogP contribution in [0.1, 0.15) is 25.5 Å². The highest BCUT2D eigenvalue weighted by Gasteiger charge is 2.31. The lowest BCUT2D eigenvalue weighted by atomic mass is 10.0. The normalized spacial score (nSPS) is 16.9. The number of hydrogen-bond acceptors (Lipinski definition) is 2. The molecule has 94 valence electrons. The van der Waals surface area contributed by atoms with Crippen LogP contribution in [0, 0.1) is 5.92 Å². The summed E-state index contributed by atoms with van der Waals surface area (Å²) in [4.78, 5) is 4.60. The minimum Gasteiger partial charge on any atom is -0.314 e. The van der Waals surface area contributed by atoms with Gasteiger partial charge < -0.3 is 5.32 Å². The molecule has 2 nitrogen and oxygen atoms in total. The Balaban J connectivity index is 1.88. The van der Waals surface area contributed by atoms with E-state index in [1.807, 2.05) is 6.20 Å². The fourth-order valence-corrected chi connectivity index (χ4v) is 2.72. The van der Waals surface area contributed by atoms with Gasteiger partial charge in [-0.15, -0.1) is 0 Å². The van der Waals surface area contributed by atoms with Gasteiger partial charge in [0.05, 0.1) is 0 Å². The van der Waals surface area contributed by atoms with Gasteiger partial charge in [-0.3, -0.25) is 4.98 Å². The summed E-state index contributed by atoms with van der Waals surface area (Å²) in [5, 5.41) is 6.23. The summed E-state index contributed by atoms with van der Waals surface area (Å²) in [6.07, 6.45) is 5.75. The molecule has 1 aromatic heterocycles. The molecule has 3 rings (SSSR count). The van der Waals surface area contributed by atoms with Gasteiger partial charge in [-0.1, -0.05) is 31.2 Å². The molecule has 0 spiro atoms. The number of benzene rings is 1. The monoisotopic (exact) mass is 240 g/mol. The van der Waals surface area contributed by atoms with Crippen molar-refractivity contribution < 1.29 is 0 Å². The Kier molecular flexibility index (Phi) is 3.28. The van der Waals surface area contributed by atoms with E-state index in [1.165, 1.54) is 29.3 Å². The molecule has 1 unspecified atom stereocenters. The molecular weight excluding hydrogens is 220 g/mol. The summed E-state index contributed by atoms with van der Waals surface area (Å²) in [5.41, 5.74) is 1.24. The van der Waals surface area contributed by atoms with Crippen LogP contribution in [-0.2, 0) is 6.42 Å². The number of aromatic nitrogens is 1. The van der Waals surface area contributed by atoms with Crippen LogP contribution < -0.4 is 5.32 Å². The van der Waals surface area contributed by atoms with Gasteiger partial charge in [-0.05, 0) is 36.8 Å². The van der Waals surface area contributed by atoms with Gasteiger partial charge in [0.2, 0.25) is 0 Å². The average molecular weight is 240 g/mol. The third-order valence-corrected chi connectivity index (χ3v) is 3.83. The molecule has 1 fully saturated rings. The maximum atomic E-state index is 4.60. The topological polar surface area (TPSA) is 24.9 Å². The highest BCUT2D eigenvalue weighted by atomic mass is 14.9. The molecule has 1 atom stereocenters. The van der Waals surface area contributed by atoms with Crippen LogP contribution in [0.15, 0.2) is 36.5 Å². The zero-order chi connectivity index (χ0) is 12.4. The summed E-state index contributed by atoms with van der Waals surface area (Å²) in [6, 6.07) is 11.3. The standard InChI is InChI=1S/C16H20N2/c1-2-17-15(13-7-8-13)11-16-14-6-4-3-5-12(14)9-10-18-16/h3-6,9-10,13,15,17H,2,7-8,11H2,1H3. The van der Waals surface area contributed by atoms with E-state index in [-0.39, 0.29) is 0 Å². The third-order valence-electron chi connectivity index (χ3n) is 3.83. The largest absolute Gasteiger partial charge is 0.314 e. The van der Waals surface area contributed by atoms with E-state index in [9.17, 15) is 0 Å². The van der Waals surface area contributed by atoms with Crippen molar-refractivity contribution in [2.45, 2.75) is 32.2 Å². The number of likely N-dealkylation sites (N-methyl/N-ethyl adjacent to an activating group) is 1. The van der Waals surface area contributed by atoms with Crippen LogP contribution >= 0.6 is 0 Å². The van der Waals surface area contributed by atoms with Crippen LogP contribution in [0.4, 0.5) is 0 Å². The summed E-state index contributed by atoms with van der Waals surface area (Å²) in [6.45, 7) is 3.23. The van der Waals surface area contributed by atoms with Gasteiger partial charge in [0.1, 0.15) is 0 Å². The molecule has 1 aliphatic rings. The van der Waals surface area contributed by atoms with E-state index in [2.05, 4.69) is 47.6 Å². The maximum Gasteiger partial charge on any atom is 0.0497 e. The minimum absolute atomic E-state index is 0.605. The number of pyridine rings is 1. The predicted octanol–water partition coefficient (Wildman–Crippen LogP) is 3.17. The van der Waals surface area contributed by atoms with Crippen molar-refractivity contribution in [2.75, 3.05) is 6.54 Å². The van der Waals surface area contributed by atoms with E-state index in [0.717, 1.165) is 18.9 Å². The van der Waals surface area contributed by atoms with Crippen LogP contribution in [-0.4, -0.2) is 17.6 Å². The molecule has 1 N–H and O–H groups in total. The van der Waals surface area contributed by atoms with Gasteiger partial charge in [-0.2, -0.15) is 0 Å². The molecular formula is C16H20N2. The van der Waals surface area contributed by atoms with Crippen molar-refractivity contribution in [3.63, 3.8) is 0 Å². The molecule has 0 radical (unpaired) electrons. The Morgan fingerprint density at radius 2 is 2.11 bits per heavy atom. The molecule has 1 heterocycles. The van der Waals surface area contributed by atoms with Gasteiger partial charge in [0.25, 0.3) is 0 Å². The second kappa shape index (κ2) is 5.07. The first-order valence-electron chi connectivity index (χ1n) is 6.94. The van der Waals surface area contributed by atoms with Crippen molar-refractivity contribution in [1.82, 2.24) is 10.3 Å². The molecule has 0 bridgehead atoms. The van der Waals surface area contributed by atoms with Crippen LogP contribution in [0.5, 0.6) is 0 Å². The Morgan fingerprint density at radius 3 is 2.89 bits per heavy atom. The number of nitrogens with zero attached hydrogens (tertiary/aromatic N) is 1. The molecule has 2 heteroatoms. The molecule has 0 amide bonds. The van der Waals surface area contributed by atoms with Crippen LogP contribution in [0.25, 0.3) is 10.8 Å². The Morgan fingerprint density at radius 1 is 1.28 bits per heavy atom. The molecule has 18 heavy (non-hydrogen) atoms. The SMILES string of the molecule is CCNC(Cc1nccc2ccccc12)C1CC1. The summed E-state index contributed by atoms with van der Waals surface area (Å²) in [5.74, 6) is 0.866. The lowest BCUT2D eigenvalue weighted by molar-refractivity contribution is 0.470. The smallest absolute Gasteiger partial charge is 0.0497 e. The number of rotatable bonds is 5. The second-order valence-electron chi connectivity index (χ2n) is 5.18. The van der Waals surface area contributed by atoms with Crippen molar-refractivity contribution in [2.24, 2.45) is 5.92 Å². The van der Waals surface area contributed by atoms with E-state index in [1.54, 1.807) is 0 Å². The second-order valence-corrected chi connectivity index (χ2v) is 5.18. The molecule has 0 aliphatic heterocycles. The molecule has 2 aromatic rings. The van der Waals surface area contributed by atoms with E-state index >= 15 is 0 Å². The minimum atomic E-state index is 0.605. The first kappa shape index (κ1) is 11.7. The van der Waals surface area contributed by atoms with Crippen molar-refractivity contribution >= 4 is 10.8 Å². The summed E-state index contributed by atoms with van der Waals surface area (Å²) < 4.78 is 0. The maximum absolute atomic E-state index is 4.60. The Labute approximate surface area is 108 Å². The number of fused-ring (bicyclic) bond motifs is 1. The van der Waals surface area contributed by atoms with Crippen molar-refractivity contribution in [1.29, 1.82) is 0 Å². The number of hydrogen-bond donors (Lipinski definition) is 1. The van der Waals surface area contributed by atoms with E-state index in [0.29, 0.717) is 6.04 Å². The molecule has 1 aliphatic carbocycles. The van der Waals surface area contributed by atoms with Crippen LogP contribution in [0.2, 0.25) is 0 Å². The van der Waals surface area contributed by atoms with Gasteiger partial charge in [0, 0.05) is 29.7 Å². The lowest BCUT2D eigenvalue weighted by Crippen LogP contribution is -2.33. The van der Waals surface area contributed by atoms with Crippen molar-refractivity contribution in [3.8, 4) is 0 Å². The molecule has 1 aromatic carbocycles. The summed E-state index contributed by atoms with van der Waals surface area (Å²) in [7, 11) is 0. The highest BCUT2D eigenvalue weighted by Crippen LogP contribution is 2.34. The van der Waals surface area contributed by atoms with Gasteiger partial charge in [-0.25, -0.2) is 0 Å².